The number of ether oxygens (including phenoxy) is 3. The van der Waals surface area contributed by atoms with Crippen LogP contribution in [-0.2, 0) is 30.3 Å². The van der Waals surface area contributed by atoms with Gasteiger partial charge in [0, 0.05) is 22.3 Å². The zero-order chi connectivity index (χ0) is 26.4. The van der Waals surface area contributed by atoms with Gasteiger partial charge in [0.15, 0.2) is 0 Å². The number of hydrogen-bond acceptors (Lipinski definition) is 10. The first-order chi connectivity index (χ1) is 17.9. The fourth-order valence-electron chi connectivity index (χ4n) is 4.05. The number of benzene rings is 1. The second-order valence-electron chi connectivity index (χ2n) is 7.98. The van der Waals surface area contributed by atoms with Crippen LogP contribution in [0.15, 0.2) is 64.6 Å². The summed E-state index contributed by atoms with van der Waals surface area (Å²) in [6.07, 6.45) is 3.51. The van der Waals surface area contributed by atoms with Crippen LogP contribution in [0.3, 0.4) is 0 Å². The third-order valence-electron chi connectivity index (χ3n) is 5.66. The molecule has 4 rings (SSSR count). The van der Waals surface area contributed by atoms with Crippen LogP contribution in [0.5, 0.6) is 0 Å². The second kappa shape index (κ2) is 12.1. The van der Waals surface area contributed by atoms with E-state index in [1.165, 1.54) is 18.4 Å². The quantitative estimate of drug-likeness (QED) is 0.301. The Hall–Kier alpha value is -3.54. The largest absolute Gasteiger partial charge is 0.466 e. The molecule has 1 aliphatic rings. The van der Waals surface area contributed by atoms with E-state index < -0.39 is 17.9 Å². The molecule has 2 aromatic heterocycles. The average molecular weight is 544 g/mol. The Labute approximate surface area is 222 Å². The minimum absolute atomic E-state index is 0.0644. The lowest BCUT2D eigenvalue weighted by Gasteiger charge is -2.31. The molecule has 1 aromatic carbocycles. The number of allylic oxidation sites excluding steroid dienone is 1. The summed E-state index contributed by atoms with van der Waals surface area (Å²) < 4.78 is 18.0. The molecule has 1 N–H and O–H groups in total. The molecule has 10 nitrogen and oxygen atoms in total. The molecule has 12 heteroatoms. The molecule has 3 aromatic rings. The molecule has 0 saturated carbocycles. The molecule has 194 valence electrons. The van der Waals surface area contributed by atoms with Crippen molar-refractivity contribution < 1.29 is 23.8 Å². The van der Waals surface area contributed by atoms with Gasteiger partial charge in [0.25, 0.3) is 0 Å². The second-order valence-corrected chi connectivity index (χ2v) is 9.28. The van der Waals surface area contributed by atoms with Crippen LogP contribution in [0.25, 0.3) is 10.7 Å². The maximum absolute atomic E-state index is 13.2. The summed E-state index contributed by atoms with van der Waals surface area (Å²) in [5, 5.41) is 14.5. The van der Waals surface area contributed by atoms with E-state index in [4.69, 9.17) is 25.8 Å². The number of carbonyl (C=O) groups excluding carboxylic acids is 2. The average Bonchev–Trinajstić information content (AvgIpc) is 3.58. The van der Waals surface area contributed by atoms with E-state index in [1.807, 2.05) is 5.38 Å². The highest BCUT2D eigenvalue weighted by Crippen LogP contribution is 2.41. The van der Waals surface area contributed by atoms with Crippen LogP contribution in [0.1, 0.15) is 25.3 Å². The molecule has 0 saturated heterocycles. The van der Waals surface area contributed by atoms with E-state index in [1.54, 1.807) is 55.2 Å². The van der Waals surface area contributed by atoms with Gasteiger partial charge in [-0.1, -0.05) is 35.0 Å². The van der Waals surface area contributed by atoms with Crippen LogP contribution < -0.4 is 5.32 Å². The van der Waals surface area contributed by atoms with Gasteiger partial charge in [-0.05, 0) is 25.5 Å². The Morgan fingerprint density at radius 3 is 2.73 bits per heavy atom. The first-order valence-electron chi connectivity index (χ1n) is 11.5. The van der Waals surface area contributed by atoms with Crippen molar-refractivity contribution in [2.24, 2.45) is 0 Å². The molecule has 0 aliphatic carbocycles. The zero-order valence-corrected chi connectivity index (χ0v) is 22.1. The molecule has 37 heavy (non-hydrogen) atoms. The number of esters is 2. The first-order valence-corrected chi connectivity index (χ1v) is 12.8. The van der Waals surface area contributed by atoms with Crippen molar-refractivity contribution in [2.45, 2.75) is 26.3 Å². The monoisotopic (exact) mass is 543 g/mol. The summed E-state index contributed by atoms with van der Waals surface area (Å²) in [6, 6.07) is 7.06. The predicted molar refractivity (Wildman–Crippen MR) is 138 cm³/mol. The van der Waals surface area contributed by atoms with Crippen LogP contribution in [-0.4, -0.2) is 58.8 Å². The summed E-state index contributed by atoms with van der Waals surface area (Å²) in [5.74, 6) is -1.94. The topological polar surface area (TPSA) is 117 Å². The van der Waals surface area contributed by atoms with E-state index in [0.29, 0.717) is 40.8 Å². The van der Waals surface area contributed by atoms with Gasteiger partial charge in [0.05, 0.1) is 62.4 Å². The maximum Gasteiger partial charge on any atom is 0.336 e. The molecule has 1 aliphatic heterocycles. The van der Waals surface area contributed by atoms with E-state index in [9.17, 15) is 9.59 Å². The number of dihydropyridines is 1. The van der Waals surface area contributed by atoms with E-state index >= 15 is 0 Å². The van der Waals surface area contributed by atoms with Crippen molar-refractivity contribution in [3.8, 4) is 10.7 Å². The third kappa shape index (κ3) is 5.90. The van der Waals surface area contributed by atoms with Gasteiger partial charge in [-0.15, -0.1) is 16.4 Å². The van der Waals surface area contributed by atoms with Crippen LogP contribution in [0.2, 0.25) is 5.02 Å². The summed E-state index contributed by atoms with van der Waals surface area (Å²) in [4.78, 5) is 30.3. The zero-order valence-electron chi connectivity index (χ0n) is 20.6. The summed E-state index contributed by atoms with van der Waals surface area (Å²) in [6.45, 7) is 4.43. The fraction of sp³-hybridized carbons (Fsp3) is 0.320. The van der Waals surface area contributed by atoms with E-state index in [2.05, 4.69) is 20.6 Å². The van der Waals surface area contributed by atoms with Gasteiger partial charge in [0.2, 0.25) is 0 Å². The fourth-order valence-corrected chi connectivity index (χ4v) is 4.88. The standard InChI is InChI=1S/C25H26ClN5O5S/c1-4-36-25(33)22-19(14-35-11-10-31-13-18(29-30-31)23-27-9-12-37-23)28-15(2)20(24(32)34-3)21(22)16-7-5-6-8-17(16)26/h5-9,12-13,21,28H,4,10-11,14H2,1-3H3. The van der Waals surface area contributed by atoms with E-state index in [0.717, 1.165) is 5.01 Å². The minimum atomic E-state index is -0.795. The number of nitrogens with one attached hydrogen (secondary N) is 1. The molecule has 0 radical (unpaired) electrons. The molecule has 0 fully saturated rings. The number of rotatable bonds is 10. The molecule has 0 spiro atoms. The lowest BCUT2D eigenvalue weighted by molar-refractivity contribution is -0.139. The van der Waals surface area contributed by atoms with Crippen LogP contribution in [0.4, 0.5) is 0 Å². The van der Waals surface area contributed by atoms with Crippen molar-refractivity contribution in [1.82, 2.24) is 25.3 Å². The normalized spacial score (nSPS) is 15.5. The maximum atomic E-state index is 13.2. The highest BCUT2D eigenvalue weighted by atomic mass is 35.5. The summed E-state index contributed by atoms with van der Waals surface area (Å²) >= 11 is 8.01. The van der Waals surface area contributed by atoms with Crippen molar-refractivity contribution in [3.63, 3.8) is 0 Å². The molecule has 0 amide bonds. The molecule has 3 heterocycles. The van der Waals surface area contributed by atoms with Crippen LogP contribution in [0, 0.1) is 0 Å². The summed E-state index contributed by atoms with van der Waals surface area (Å²) in [5.41, 5.74) is 2.81. The smallest absolute Gasteiger partial charge is 0.336 e. The van der Waals surface area contributed by atoms with Gasteiger partial charge in [0.1, 0.15) is 10.7 Å². The molecule has 0 bridgehead atoms. The number of aromatic nitrogens is 4. The molecule has 1 atom stereocenters. The van der Waals surface area contributed by atoms with Gasteiger partial charge in [-0.2, -0.15) is 0 Å². The number of hydrogen-bond donors (Lipinski definition) is 1. The molecule has 1 unspecified atom stereocenters. The minimum Gasteiger partial charge on any atom is -0.466 e. The Kier molecular flexibility index (Phi) is 8.70. The number of halogens is 1. The van der Waals surface area contributed by atoms with Crippen molar-refractivity contribution >= 4 is 34.9 Å². The highest BCUT2D eigenvalue weighted by Gasteiger charge is 2.39. The summed E-state index contributed by atoms with van der Waals surface area (Å²) in [7, 11) is 1.29. The van der Waals surface area contributed by atoms with Gasteiger partial charge in [-0.25, -0.2) is 19.3 Å². The van der Waals surface area contributed by atoms with Gasteiger partial charge >= 0.3 is 11.9 Å². The van der Waals surface area contributed by atoms with Crippen molar-refractivity contribution in [1.29, 1.82) is 0 Å². The number of nitrogens with zero attached hydrogens (tertiary/aromatic N) is 4. The van der Waals surface area contributed by atoms with Gasteiger partial charge < -0.3 is 19.5 Å². The lowest BCUT2D eigenvalue weighted by Crippen LogP contribution is -2.35. The van der Waals surface area contributed by atoms with Crippen LogP contribution >= 0.6 is 22.9 Å². The Balaban J connectivity index is 1.59. The highest BCUT2D eigenvalue weighted by molar-refractivity contribution is 7.13. The molecular formula is C25H26ClN5O5S. The number of thiazole rings is 1. The first kappa shape index (κ1) is 26.5. The Bertz CT molecular complexity index is 1330. The lowest BCUT2D eigenvalue weighted by atomic mass is 9.80. The van der Waals surface area contributed by atoms with Gasteiger partial charge in [-0.3, -0.25) is 0 Å². The Morgan fingerprint density at radius 1 is 1.22 bits per heavy atom. The van der Waals surface area contributed by atoms with E-state index in [-0.39, 0.29) is 24.4 Å². The number of methoxy groups -OCH3 is 1. The van der Waals surface area contributed by atoms with Crippen molar-refractivity contribution in [2.75, 3.05) is 26.9 Å². The van der Waals surface area contributed by atoms with Crippen molar-refractivity contribution in [3.05, 3.63) is 75.2 Å². The Morgan fingerprint density at radius 2 is 2.03 bits per heavy atom. The SMILES string of the molecule is CCOC(=O)C1=C(COCCn2cc(-c3nccs3)nn2)NC(C)=C(C(=O)OC)C1c1ccccc1Cl. The number of carbonyl (C=O) groups is 2. The third-order valence-corrected chi connectivity index (χ3v) is 6.80. The predicted octanol–water partition coefficient (Wildman–Crippen LogP) is 3.72. The molecular weight excluding hydrogens is 518 g/mol.